The van der Waals surface area contributed by atoms with E-state index >= 15 is 0 Å². The zero-order chi connectivity index (χ0) is 20.9. The summed E-state index contributed by atoms with van der Waals surface area (Å²) in [4.78, 5) is 12.9. The maximum atomic E-state index is 13.2. The van der Waals surface area contributed by atoms with Gasteiger partial charge in [0, 0.05) is 0 Å². The number of anilines is 1. The number of carbonyl (C=O) groups is 1. The van der Waals surface area contributed by atoms with Gasteiger partial charge in [0.15, 0.2) is 6.61 Å². The Morgan fingerprint density at radius 3 is 2.17 bits per heavy atom. The fourth-order valence-electron chi connectivity index (χ4n) is 2.62. The molecule has 0 atom stereocenters. The average molecular weight is 432 g/mol. The van der Waals surface area contributed by atoms with Gasteiger partial charge in [-0.05, 0) is 42.5 Å². The number of hydrogen-bond acceptors (Lipinski definition) is 5. The minimum absolute atomic E-state index is 0.0278. The number of hydrogen-bond donors (Lipinski definition) is 0. The maximum absolute atomic E-state index is 13.2. The summed E-state index contributed by atoms with van der Waals surface area (Å²) in [6, 6.07) is 20.6. The molecule has 0 fully saturated rings. The van der Waals surface area contributed by atoms with Crippen molar-refractivity contribution < 1.29 is 22.7 Å². The molecule has 3 rings (SSSR count). The summed E-state index contributed by atoms with van der Waals surface area (Å²) >= 11 is 6.16. The highest BCUT2D eigenvalue weighted by molar-refractivity contribution is 7.93. The molecule has 0 spiro atoms. The molecule has 8 heteroatoms. The Kier molecular flexibility index (Phi) is 6.41. The van der Waals surface area contributed by atoms with Crippen LogP contribution in [-0.2, 0) is 14.8 Å². The molecule has 0 aromatic heterocycles. The van der Waals surface area contributed by atoms with Crippen LogP contribution in [0.25, 0.3) is 0 Å². The molecule has 0 heterocycles. The number of amides is 1. The van der Waals surface area contributed by atoms with E-state index in [1.807, 2.05) is 0 Å². The third kappa shape index (κ3) is 4.70. The SMILES string of the molecule is COc1ccc(N(C(=O)COc2ccccc2)S(=O)(=O)c2ccccc2)cc1Cl. The Balaban J connectivity index is 1.99. The molecule has 150 valence electrons. The predicted octanol–water partition coefficient (Wildman–Crippen LogP) is 4.15. The lowest BCUT2D eigenvalue weighted by Crippen LogP contribution is -2.40. The van der Waals surface area contributed by atoms with Gasteiger partial charge in [0.2, 0.25) is 0 Å². The molecule has 0 bridgehead atoms. The third-order valence-corrected chi connectivity index (χ3v) is 6.04. The van der Waals surface area contributed by atoms with E-state index < -0.39 is 22.5 Å². The van der Waals surface area contributed by atoms with E-state index in [0.29, 0.717) is 15.8 Å². The Hall–Kier alpha value is -3.03. The number of nitrogens with zero attached hydrogens (tertiary/aromatic N) is 1. The van der Waals surface area contributed by atoms with Crippen LogP contribution in [0.5, 0.6) is 11.5 Å². The van der Waals surface area contributed by atoms with Gasteiger partial charge in [0.05, 0.1) is 22.7 Å². The molecule has 0 N–H and O–H groups in total. The summed E-state index contributed by atoms with van der Waals surface area (Å²) < 4.78 is 37.7. The van der Waals surface area contributed by atoms with Gasteiger partial charge in [-0.2, -0.15) is 4.31 Å². The summed E-state index contributed by atoms with van der Waals surface area (Å²) in [5.41, 5.74) is 0.0846. The Morgan fingerprint density at radius 1 is 0.966 bits per heavy atom. The van der Waals surface area contributed by atoms with Crippen molar-refractivity contribution in [1.29, 1.82) is 0 Å². The fourth-order valence-corrected chi connectivity index (χ4v) is 4.29. The maximum Gasteiger partial charge on any atom is 0.278 e. The Morgan fingerprint density at radius 2 is 1.59 bits per heavy atom. The number of ether oxygens (including phenoxy) is 2. The van der Waals surface area contributed by atoms with Crippen LogP contribution in [0.2, 0.25) is 5.02 Å². The van der Waals surface area contributed by atoms with E-state index in [1.165, 1.54) is 37.4 Å². The van der Waals surface area contributed by atoms with Crippen molar-refractivity contribution in [2.45, 2.75) is 4.90 Å². The molecule has 0 unspecified atom stereocenters. The van der Waals surface area contributed by atoms with E-state index in [1.54, 1.807) is 48.5 Å². The minimum atomic E-state index is -4.19. The number of halogens is 1. The van der Waals surface area contributed by atoms with E-state index in [-0.39, 0.29) is 15.6 Å². The molecule has 29 heavy (non-hydrogen) atoms. The summed E-state index contributed by atoms with van der Waals surface area (Å²) in [6.07, 6.45) is 0. The second kappa shape index (κ2) is 8.98. The standard InChI is InChI=1S/C21H18ClNO5S/c1-27-20-13-12-16(14-19(20)22)23(29(25,26)18-10-6-3-7-11-18)21(24)15-28-17-8-4-2-5-9-17/h2-14H,15H2,1H3. The van der Waals surface area contributed by atoms with E-state index in [9.17, 15) is 13.2 Å². The molecule has 0 aliphatic carbocycles. The smallest absolute Gasteiger partial charge is 0.278 e. The lowest BCUT2D eigenvalue weighted by Gasteiger charge is -2.23. The van der Waals surface area contributed by atoms with Gasteiger partial charge < -0.3 is 9.47 Å². The first kappa shape index (κ1) is 20.7. The van der Waals surface area contributed by atoms with Crippen molar-refractivity contribution in [3.8, 4) is 11.5 Å². The van der Waals surface area contributed by atoms with Crippen molar-refractivity contribution in [3.63, 3.8) is 0 Å². The lowest BCUT2D eigenvalue weighted by molar-refractivity contribution is -0.119. The van der Waals surface area contributed by atoms with Gasteiger partial charge in [0.1, 0.15) is 11.5 Å². The van der Waals surface area contributed by atoms with Crippen molar-refractivity contribution in [1.82, 2.24) is 0 Å². The van der Waals surface area contributed by atoms with Crippen LogP contribution < -0.4 is 13.8 Å². The Labute approximate surface area is 174 Å². The summed E-state index contributed by atoms with van der Waals surface area (Å²) in [5.74, 6) is 0.0464. The lowest BCUT2D eigenvalue weighted by atomic mass is 10.3. The van der Waals surface area contributed by atoms with Crippen LogP contribution in [0.15, 0.2) is 83.8 Å². The normalized spacial score (nSPS) is 11.0. The van der Waals surface area contributed by atoms with Crippen LogP contribution in [0.3, 0.4) is 0 Å². The summed E-state index contributed by atoms with van der Waals surface area (Å²) in [6.45, 7) is -0.472. The zero-order valence-electron chi connectivity index (χ0n) is 15.5. The number of benzene rings is 3. The molecule has 3 aromatic rings. The molecule has 0 aliphatic rings. The van der Waals surface area contributed by atoms with Crippen molar-refractivity contribution in [2.24, 2.45) is 0 Å². The first-order chi connectivity index (χ1) is 13.9. The highest BCUT2D eigenvalue weighted by Gasteiger charge is 2.31. The van der Waals surface area contributed by atoms with E-state index in [0.717, 1.165) is 0 Å². The van der Waals surface area contributed by atoms with Gasteiger partial charge >= 0.3 is 0 Å². The molecule has 3 aromatic carbocycles. The molecule has 0 saturated heterocycles. The van der Waals surface area contributed by atoms with Gasteiger partial charge in [-0.15, -0.1) is 0 Å². The average Bonchev–Trinajstić information content (AvgIpc) is 2.74. The van der Waals surface area contributed by atoms with Crippen LogP contribution in [0.1, 0.15) is 0 Å². The molecule has 0 saturated carbocycles. The monoisotopic (exact) mass is 431 g/mol. The quantitative estimate of drug-likeness (QED) is 0.562. The third-order valence-electron chi connectivity index (χ3n) is 3.98. The van der Waals surface area contributed by atoms with Crippen LogP contribution in [0, 0.1) is 0 Å². The van der Waals surface area contributed by atoms with Crippen LogP contribution in [0.4, 0.5) is 5.69 Å². The topological polar surface area (TPSA) is 72.9 Å². The number of rotatable bonds is 7. The fraction of sp³-hybridized carbons (Fsp3) is 0.0952. The van der Waals surface area contributed by atoms with Crippen LogP contribution >= 0.6 is 11.6 Å². The van der Waals surface area contributed by atoms with E-state index in [4.69, 9.17) is 21.1 Å². The van der Waals surface area contributed by atoms with E-state index in [2.05, 4.69) is 0 Å². The predicted molar refractivity (Wildman–Crippen MR) is 111 cm³/mol. The van der Waals surface area contributed by atoms with Crippen molar-refractivity contribution in [3.05, 3.63) is 83.9 Å². The highest BCUT2D eigenvalue weighted by atomic mass is 35.5. The molecule has 1 amide bonds. The second-order valence-electron chi connectivity index (χ2n) is 5.90. The van der Waals surface area contributed by atoms with Crippen LogP contribution in [-0.4, -0.2) is 28.0 Å². The molecular formula is C21H18ClNO5S. The number of methoxy groups -OCH3 is 1. The first-order valence-corrected chi connectivity index (χ1v) is 10.4. The highest BCUT2D eigenvalue weighted by Crippen LogP contribution is 2.32. The number of para-hydroxylation sites is 1. The molecule has 0 radical (unpaired) electrons. The second-order valence-corrected chi connectivity index (χ2v) is 8.09. The number of carbonyl (C=O) groups excluding carboxylic acids is 1. The van der Waals surface area contributed by atoms with Gasteiger partial charge in [-0.1, -0.05) is 48.0 Å². The Bertz CT molecular complexity index is 1090. The molecule has 0 aliphatic heterocycles. The van der Waals surface area contributed by atoms with Crippen molar-refractivity contribution >= 4 is 33.2 Å². The van der Waals surface area contributed by atoms with Gasteiger partial charge in [-0.25, -0.2) is 8.42 Å². The molecule has 6 nitrogen and oxygen atoms in total. The minimum Gasteiger partial charge on any atom is -0.495 e. The number of sulfonamides is 1. The molecular weight excluding hydrogens is 414 g/mol. The van der Waals surface area contributed by atoms with Crippen molar-refractivity contribution in [2.75, 3.05) is 18.0 Å². The van der Waals surface area contributed by atoms with Gasteiger partial charge in [-0.3, -0.25) is 4.79 Å². The summed E-state index contributed by atoms with van der Waals surface area (Å²) in [7, 11) is -2.75. The zero-order valence-corrected chi connectivity index (χ0v) is 17.1. The first-order valence-electron chi connectivity index (χ1n) is 8.58. The summed E-state index contributed by atoms with van der Waals surface area (Å²) in [5, 5.41) is 0.176. The largest absolute Gasteiger partial charge is 0.495 e. The van der Waals surface area contributed by atoms with Gasteiger partial charge in [0.25, 0.3) is 15.9 Å².